The Morgan fingerprint density at radius 1 is 1.45 bits per heavy atom. The standard InChI is InChI=1S/C21H20N2O5S/c1-4-27-14-9-13-7-10(2)28-15(13)8-12(14)5-6-16-22-19(24)17-11(3)18(21(25)26)29-20(17)23-16/h5-6,8-10H,4,7H2,1-3H3,(H,25,26)(H,22,23,24)/b6-5+/t10-/m0/s1. The van der Waals surface area contributed by atoms with Crippen molar-refractivity contribution in [1.82, 2.24) is 9.97 Å². The summed E-state index contributed by atoms with van der Waals surface area (Å²) in [5, 5.41) is 9.61. The number of aromatic nitrogens is 2. The van der Waals surface area contributed by atoms with Crippen LogP contribution in [0.25, 0.3) is 22.4 Å². The summed E-state index contributed by atoms with van der Waals surface area (Å²) in [5.74, 6) is 0.856. The van der Waals surface area contributed by atoms with Crippen LogP contribution in [0.5, 0.6) is 11.5 Å². The Morgan fingerprint density at radius 3 is 2.97 bits per heavy atom. The molecule has 0 amide bonds. The molecule has 1 aliphatic rings. The van der Waals surface area contributed by atoms with E-state index in [0.717, 1.165) is 40.4 Å². The largest absolute Gasteiger partial charge is 0.493 e. The molecule has 7 nitrogen and oxygen atoms in total. The fourth-order valence-corrected chi connectivity index (χ4v) is 4.51. The maximum Gasteiger partial charge on any atom is 0.346 e. The molecule has 29 heavy (non-hydrogen) atoms. The zero-order valence-corrected chi connectivity index (χ0v) is 17.1. The van der Waals surface area contributed by atoms with Crippen molar-refractivity contribution >= 4 is 39.7 Å². The van der Waals surface area contributed by atoms with Crippen LogP contribution in [0.1, 0.15) is 46.0 Å². The Bertz CT molecular complexity index is 1210. The van der Waals surface area contributed by atoms with E-state index >= 15 is 0 Å². The number of carbonyl (C=O) groups is 1. The van der Waals surface area contributed by atoms with Crippen molar-refractivity contribution in [3.63, 3.8) is 0 Å². The summed E-state index contributed by atoms with van der Waals surface area (Å²) in [6.07, 6.45) is 4.46. The molecule has 0 aliphatic carbocycles. The van der Waals surface area contributed by atoms with E-state index in [9.17, 15) is 14.7 Å². The van der Waals surface area contributed by atoms with E-state index in [-0.39, 0.29) is 16.5 Å². The summed E-state index contributed by atoms with van der Waals surface area (Å²) in [7, 11) is 0. The topological polar surface area (TPSA) is 102 Å². The van der Waals surface area contributed by atoms with Crippen molar-refractivity contribution in [3.05, 3.63) is 49.9 Å². The number of hydrogen-bond donors (Lipinski definition) is 2. The van der Waals surface area contributed by atoms with Crippen molar-refractivity contribution in [2.24, 2.45) is 0 Å². The van der Waals surface area contributed by atoms with Crippen molar-refractivity contribution in [2.45, 2.75) is 33.3 Å². The smallest absolute Gasteiger partial charge is 0.346 e. The van der Waals surface area contributed by atoms with Crippen LogP contribution < -0.4 is 15.0 Å². The first-order chi connectivity index (χ1) is 13.9. The second-order valence-electron chi connectivity index (χ2n) is 6.89. The number of thiophene rings is 1. The van der Waals surface area contributed by atoms with Gasteiger partial charge < -0.3 is 19.6 Å². The van der Waals surface area contributed by atoms with Crippen LogP contribution in [0.2, 0.25) is 0 Å². The summed E-state index contributed by atoms with van der Waals surface area (Å²) >= 11 is 1.00. The molecule has 1 aliphatic heterocycles. The normalized spacial score (nSPS) is 15.6. The Labute approximate surface area is 170 Å². The van der Waals surface area contributed by atoms with Crippen LogP contribution >= 0.6 is 11.3 Å². The van der Waals surface area contributed by atoms with Crippen molar-refractivity contribution in [2.75, 3.05) is 6.61 Å². The number of aromatic amines is 1. The van der Waals surface area contributed by atoms with Crippen LogP contribution in [0.15, 0.2) is 16.9 Å². The average Bonchev–Trinajstić information content (AvgIpc) is 3.19. The Morgan fingerprint density at radius 2 is 2.24 bits per heavy atom. The second kappa shape index (κ2) is 7.36. The number of aromatic carboxylic acids is 1. The Kier molecular flexibility index (Phi) is 4.87. The summed E-state index contributed by atoms with van der Waals surface area (Å²) in [6.45, 7) is 6.10. The van der Waals surface area contributed by atoms with Crippen LogP contribution in [-0.4, -0.2) is 33.8 Å². The highest BCUT2D eigenvalue weighted by Crippen LogP contribution is 2.36. The van der Waals surface area contributed by atoms with E-state index in [1.165, 1.54) is 0 Å². The highest BCUT2D eigenvalue weighted by atomic mass is 32.1. The third kappa shape index (κ3) is 3.51. The summed E-state index contributed by atoms with van der Waals surface area (Å²) in [6, 6.07) is 3.91. The van der Waals surface area contributed by atoms with Crippen molar-refractivity contribution < 1.29 is 19.4 Å². The van der Waals surface area contributed by atoms with E-state index in [4.69, 9.17) is 9.47 Å². The van der Waals surface area contributed by atoms with E-state index < -0.39 is 5.97 Å². The fraction of sp³-hybridized carbons (Fsp3) is 0.286. The quantitative estimate of drug-likeness (QED) is 0.659. The minimum absolute atomic E-state index is 0.127. The number of aryl methyl sites for hydroxylation is 1. The number of rotatable bonds is 5. The predicted octanol–water partition coefficient (Wildman–Crippen LogP) is 3.88. The highest BCUT2D eigenvalue weighted by Gasteiger charge is 2.21. The van der Waals surface area contributed by atoms with E-state index in [0.29, 0.717) is 28.2 Å². The van der Waals surface area contributed by atoms with E-state index in [1.807, 2.05) is 26.0 Å². The third-order valence-corrected chi connectivity index (χ3v) is 5.94. The monoisotopic (exact) mass is 412 g/mol. The first-order valence-corrected chi connectivity index (χ1v) is 10.1. The Balaban J connectivity index is 1.74. The van der Waals surface area contributed by atoms with Crippen molar-refractivity contribution in [3.8, 4) is 11.5 Å². The number of benzene rings is 1. The van der Waals surface area contributed by atoms with Gasteiger partial charge in [-0.3, -0.25) is 4.79 Å². The molecule has 4 rings (SSSR count). The number of nitrogens with one attached hydrogen (secondary N) is 1. The van der Waals surface area contributed by atoms with Gasteiger partial charge in [0.1, 0.15) is 33.1 Å². The lowest BCUT2D eigenvalue weighted by molar-refractivity contribution is 0.0701. The average molecular weight is 412 g/mol. The first kappa shape index (κ1) is 19.2. The molecule has 0 unspecified atom stereocenters. The number of hydrogen-bond acceptors (Lipinski definition) is 6. The molecule has 8 heteroatoms. The molecule has 0 saturated heterocycles. The van der Waals surface area contributed by atoms with Gasteiger partial charge in [0.2, 0.25) is 0 Å². The molecule has 0 spiro atoms. The molecule has 0 saturated carbocycles. The number of ether oxygens (including phenoxy) is 2. The van der Waals surface area contributed by atoms with Crippen LogP contribution in [-0.2, 0) is 6.42 Å². The Hall–Kier alpha value is -3.13. The van der Waals surface area contributed by atoms with Gasteiger partial charge in [-0.1, -0.05) is 0 Å². The maximum atomic E-state index is 12.5. The number of carboxylic acid groups (broad SMARTS) is 1. The molecule has 0 radical (unpaired) electrons. The first-order valence-electron chi connectivity index (χ1n) is 9.28. The van der Waals surface area contributed by atoms with Crippen LogP contribution in [0, 0.1) is 6.92 Å². The van der Waals surface area contributed by atoms with Gasteiger partial charge in [-0.2, -0.15) is 0 Å². The number of H-pyrrole nitrogens is 1. The van der Waals surface area contributed by atoms with E-state index in [1.54, 1.807) is 19.1 Å². The van der Waals surface area contributed by atoms with Gasteiger partial charge in [-0.05, 0) is 50.6 Å². The molecule has 3 aromatic rings. The molecule has 0 fully saturated rings. The third-order valence-electron chi connectivity index (χ3n) is 4.76. The van der Waals surface area contributed by atoms with Gasteiger partial charge in [-0.15, -0.1) is 11.3 Å². The molecule has 1 aromatic carbocycles. The molecule has 3 heterocycles. The van der Waals surface area contributed by atoms with Crippen molar-refractivity contribution in [1.29, 1.82) is 0 Å². The lowest BCUT2D eigenvalue weighted by atomic mass is 10.1. The number of fused-ring (bicyclic) bond motifs is 2. The number of carboxylic acids is 1. The SMILES string of the molecule is CCOc1cc2c(cc1/C=C/c1nc3sc(C(=O)O)c(C)c3c(=O)[nH]1)O[C@@H](C)C2. The van der Waals surface area contributed by atoms with Gasteiger partial charge in [0.15, 0.2) is 0 Å². The van der Waals surface area contributed by atoms with Gasteiger partial charge in [0.05, 0.1) is 12.0 Å². The summed E-state index contributed by atoms with van der Waals surface area (Å²) in [5.41, 5.74) is 2.01. The van der Waals surface area contributed by atoms with Gasteiger partial charge >= 0.3 is 5.97 Å². The summed E-state index contributed by atoms with van der Waals surface area (Å²) < 4.78 is 11.6. The highest BCUT2D eigenvalue weighted by molar-refractivity contribution is 7.20. The van der Waals surface area contributed by atoms with Gasteiger partial charge in [0, 0.05) is 17.5 Å². The number of nitrogens with zero attached hydrogens (tertiary/aromatic N) is 1. The summed E-state index contributed by atoms with van der Waals surface area (Å²) in [4.78, 5) is 31.5. The predicted molar refractivity (Wildman–Crippen MR) is 112 cm³/mol. The van der Waals surface area contributed by atoms with Crippen LogP contribution in [0.4, 0.5) is 0 Å². The molecule has 0 bridgehead atoms. The molecule has 2 N–H and O–H groups in total. The molecule has 2 aromatic heterocycles. The zero-order chi connectivity index (χ0) is 20.7. The lowest BCUT2D eigenvalue weighted by Gasteiger charge is -2.10. The molecular formula is C21H20N2O5S. The minimum Gasteiger partial charge on any atom is -0.493 e. The minimum atomic E-state index is -1.06. The molecule has 150 valence electrons. The molecular weight excluding hydrogens is 392 g/mol. The van der Waals surface area contributed by atoms with Crippen LogP contribution in [0.3, 0.4) is 0 Å². The molecule has 1 atom stereocenters. The fourth-order valence-electron chi connectivity index (χ4n) is 3.48. The van der Waals surface area contributed by atoms with E-state index in [2.05, 4.69) is 9.97 Å². The second-order valence-corrected chi connectivity index (χ2v) is 7.89. The maximum absolute atomic E-state index is 12.5. The lowest BCUT2D eigenvalue weighted by Crippen LogP contribution is -2.09. The van der Waals surface area contributed by atoms with Gasteiger partial charge in [0.25, 0.3) is 5.56 Å². The zero-order valence-electron chi connectivity index (χ0n) is 16.2. The van der Waals surface area contributed by atoms with Gasteiger partial charge in [-0.25, -0.2) is 9.78 Å².